The Bertz CT molecular complexity index is 428. The topological polar surface area (TPSA) is 49.3 Å². The van der Waals surface area contributed by atoms with Crippen LogP contribution in [0.25, 0.3) is 0 Å². The summed E-state index contributed by atoms with van der Waals surface area (Å²) in [4.78, 5) is 13.6. The highest BCUT2D eigenvalue weighted by atomic mass is 32.1. The molecule has 0 spiro atoms. The van der Waals surface area contributed by atoms with Gasteiger partial charge in [0.1, 0.15) is 0 Å². The minimum absolute atomic E-state index is 0.0655. The Morgan fingerprint density at radius 1 is 1.47 bits per heavy atom. The molecule has 0 radical (unpaired) electrons. The second-order valence-corrected chi connectivity index (χ2v) is 6.22. The van der Waals surface area contributed by atoms with Crippen molar-refractivity contribution in [1.82, 2.24) is 5.32 Å². The molecule has 0 aliphatic heterocycles. The van der Waals surface area contributed by atoms with Crippen LogP contribution in [0.3, 0.4) is 0 Å². The minimum atomic E-state index is 0.0655. The summed E-state index contributed by atoms with van der Waals surface area (Å²) in [7, 11) is 0. The molecule has 1 unspecified atom stereocenters. The van der Waals surface area contributed by atoms with Crippen LogP contribution < -0.4 is 5.32 Å². The second kappa shape index (κ2) is 7.06. The summed E-state index contributed by atoms with van der Waals surface area (Å²) in [6, 6.07) is 0. The standard InChI is InChI=1S/C15H23NO2S/c1-2-11(7-8-17)9-16-15(18)13-10-19-14-6-4-3-5-12(13)14/h10-11,17H,2-9H2,1H3,(H,16,18). The van der Waals surface area contributed by atoms with Crippen LogP contribution in [0.1, 0.15) is 53.4 Å². The average molecular weight is 281 g/mol. The molecule has 1 atom stereocenters. The van der Waals surface area contributed by atoms with Crippen LogP contribution in [0.15, 0.2) is 5.38 Å². The van der Waals surface area contributed by atoms with Crippen molar-refractivity contribution in [3.63, 3.8) is 0 Å². The quantitative estimate of drug-likeness (QED) is 0.842. The zero-order valence-electron chi connectivity index (χ0n) is 11.6. The van der Waals surface area contributed by atoms with Gasteiger partial charge in [-0.3, -0.25) is 4.79 Å². The number of hydrogen-bond donors (Lipinski definition) is 2. The molecule has 1 aromatic heterocycles. The van der Waals surface area contributed by atoms with E-state index in [4.69, 9.17) is 5.11 Å². The number of carbonyl (C=O) groups excluding carboxylic acids is 1. The largest absolute Gasteiger partial charge is 0.396 e. The maximum atomic E-state index is 12.2. The number of aliphatic hydroxyl groups is 1. The predicted octanol–water partition coefficient (Wildman–Crippen LogP) is 2.77. The summed E-state index contributed by atoms with van der Waals surface area (Å²) < 4.78 is 0. The number of rotatable bonds is 6. The lowest BCUT2D eigenvalue weighted by Crippen LogP contribution is -2.30. The predicted molar refractivity (Wildman–Crippen MR) is 78.8 cm³/mol. The third kappa shape index (κ3) is 3.57. The molecule has 1 amide bonds. The van der Waals surface area contributed by atoms with Gasteiger partial charge in [0.05, 0.1) is 5.56 Å². The molecule has 19 heavy (non-hydrogen) atoms. The fraction of sp³-hybridized carbons (Fsp3) is 0.667. The Morgan fingerprint density at radius 3 is 3.00 bits per heavy atom. The molecule has 2 N–H and O–H groups in total. The van der Waals surface area contributed by atoms with E-state index in [0.717, 1.165) is 31.2 Å². The first-order chi connectivity index (χ1) is 9.26. The lowest BCUT2D eigenvalue weighted by molar-refractivity contribution is 0.0943. The third-order valence-corrected chi connectivity index (χ3v) is 5.06. The van der Waals surface area contributed by atoms with Crippen molar-refractivity contribution < 1.29 is 9.90 Å². The SMILES string of the molecule is CCC(CCO)CNC(=O)c1csc2c1CCCC2. The normalized spacial score (nSPS) is 15.9. The van der Waals surface area contributed by atoms with E-state index < -0.39 is 0 Å². The third-order valence-electron chi connectivity index (χ3n) is 3.97. The van der Waals surface area contributed by atoms with Gasteiger partial charge in [0, 0.05) is 23.4 Å². The highest BCUT2D eigenvalue weighted by Crippen LogP contribution is 2.30. The molecule has 1 aromatic rings. The molecule has 106 valence electrons. The summed E-state index contributed by atoms with van der Waals surface area (Å²) >= 11 is 1.73. The van der Waals surface area contributed by atoms with E-state index in [2.05, 4.69) is 12.2 Å². The Morgan fingerprint density at radius 2 is 2.26 bits per heavy atom. The van der Waals surface area contributed by atoms with Gasteiger partial charge in [-0.05, 0) is 43.6 Å². The van der Waals surface area contributed by atoms with Crippen LogP contribution in [-0.2, 0) is 12.8 Å². The fourth-order valence-corrected chi connectivity index (χ4v) is 3.78. The number of nitrogens with one attached hydrogen (secondary N) is 1. The van der Waals surface area contributed by atoms with Crippen LogP contribution in [0.4, 0.5) is 0 Å². The fourth-order valence-electron chi connectivity index (χ4n) is 2.65. The van der Waals surface area contributed by atoms with Crippen molar-refractivity contribution in [2.24, 2.45) is 5.92 Å². The van der Waals surface area contributed by atoms with Crippen molar-refractivity contribution >= 4 is 17.2 Å². The maximum absolute atomic E-state index is 12.2. The van der Waals surface area contributed by atoms with Crippen LogP contribution in [0, 0.1) is 5.92 Å². The molecule has 4 heteroatoms. The molecular weight excluding hydrogens is 258 g/mol. The highest BCUT2D eigenvalue weighted by Gasteiger charge is 2.20. The van der Waals surface area contributed by atoms with Gasteiger partial charge in [-0.25, -0.2) is 0 Å². The number of aliphatic hydroxyl groups excluding tert-OH is 1. The van der Waals surface area contributed by atoms with Gasteiger partial charge < -0.3 is 10.4 Å². The first-order valence-corrected chi connectivity index (χ1v) is 8.12. The highest BCUT2D eigenvalue weighted by molar-refractivity contribution is 7.10. The summed E-state index contributed by atoms with van der Waals surface area (Å²) in [5.41, 5.74) is 2.17. The van der Waals surface area contributed by atoms with E-state index in [1.165, 1.54) is 23.3 Å². The van der Waals surface area contributed by atoms with Gasteiger partial charge in [-0.2, -0.15) is 0 Å². The van der Waals surface area contributed by atoms with Crippen LogP contribution in [0.5, 0.6) is 0 Å². The number of hydrogen-bond acceptors (Lipinski definition) is 3. The number of aryl methyl sites for hydroxylation is 1. The molecule has 0 saturated heterocycles. The molecule has 0 bridgehead atoms. The van der Waals surface area contributed by atoms with E-state index in [0.29, 0.717) is 12.5 Å². The Kier molecular flexibility index (Phi) is 5.40. The van der Waals surface area contributed by atoms with Gasteiger partial charge in [0.15, 0.2) is 0 Å². The molecule has 0 aromatic carbocycles. The maximum Gasteiger partial charge on any atom is 0.252 e. The monoisotopic (exact) mass is 281 g/mol. The average Bonchev–Trinajstić information content (AvgIpc) is 2.87. The van der Waals surface area contributed by atoms with E-state index >= 15 is 0 Å². The lowest BCUT2D eigenvalue weighted by Gasteiger charge is -2.16. The zero-order chi connectivity index (χ0) is 13.7. The number of thiophene rings is 1. The van der Waals surface area contributed by atoms with Gasteiger partial charge in [-0.15, -0.1) is 11.3 Å². The number of fused-ring (bicyclic) bond motifs is 1. The van der Waals surface area contributed by atoms with Crippen molar-refractivity contribution in [3.8, 4) is 0 Å². The van der Waals surface area contributed by atoms with E-state index in [1.807, 2.05) is 5.38 Å². The second-order valence-electron chi connectivity index (χ2n) is 5.25. The van der Waals surface area contributed by atoms with Crippen molar-refractivity contribution in [3.05, 3.63) is 21.4 Å². The van der Waals surface area contributed by atoms with Crippen molar-refractivity contribution in [2.75, 3.05) is 13.2 Å². The minimum Gasteiger partial charge on any atom is -0.396 e. The molecule has 0 fully saturated rings. The number of amides is 1. The Hall–Kier alpha value is -0.870. The Labute approximate surface area is 119 Å². The number of carbonyl (C=O) groups is 1. The van der Waals surface area contributed by atoms with E-state index in [9.17, 15) is 4.79 Å². The smallest absolute Gasteiger partial charge is 0.252 e. The van der Waals surface area contributed by atoms with Crippen LogP contribution in [0.2, 0.25) is 0 Å². The van der Waals surface area contributed by atoms with Gasteiger partial charge >= 0.3 is 0 Å². The summed E-state index contributed by atoms with van der Waals surface area (Å²) in [6.45, 7) is 2.96. The van der Waals surface area contributed by atoms with Gasteiger partial charge in [0.2, 0.25) is 0 Å². The van der Waals surface area contributed by atoms with Gasteiger partial charge in [0.25, 0.3) is 5.91 Å². The molecule has 1 heterocycles. The first-order valence-electron chi connectivity index (χ1n) is 7.24. The Balaban J connectivity index is 1.94. The summed E-state index contributed by atoms with van der Waals surface area (Å²) in [5, 5.41) is 14.0. The van der Waals surface area contributed by atoms with Crippen LogP contribution >= 0.6 is 11.3 Å². The van der Waals surface area contributed by atoms with Crippen molar-refractivity contribution in [1.29, 1.82) is 0 Å². The molecule has 2 rings (SSSR count). The van der Waals surface area contributed by atoms with E-state index in [-0.39, 0.29) is 12.5 Å². The molecule has 0 saturated carbocycles. The molecular formula is C15H23NO2S. The summed E-state index contributed by atoms with van der Waals surface area (Å²) in [6.07, 6.45) is 6.39. The van der Waals surface area contributed by atoms with Crippen molar-refractivity contribution in [2.45, 2.75) is 45.4 Å². The first kappa shape index (κ1) is 14.5. The molecule has 1 aliphatic rings. The lowest BCUT2D eigenvalue weighted by atomic mass is 9.95. The molecule has 1 aliphatic carbocycles. The summed E-state index contributed by atoms with van der Waals surface area (Å²) in [5.74, 6) is 0.444. The zero-order valence-corrected chi connectivity index (χ0v) is 12.4. The molecule has 3 nitrogen and oxygen atoms in total. The van der Waals surface area contributed by atoms with E-state index in [1.54, 1.807) is 11.3 Å². The van der Waals surface area contributed by atoms with Gasteiger partial charge in [-0.1, -0.05) is 13.3 Å². The van der Waals surface area contributed by atoms with Crippen LogP contribution in [-0.4, -0.2) is 24.2 Å².